The summed E-state index contributed by atoms with van der Waals surface area (Å²) >= 11 is 0. The van der Waals surface area contributed by atoms with Gasteiger partial charge in [0.1, 0.15) is 5.75 Å². The Morgan fingerprint density at radius 2 is 1.45 bits per heavy atom. The van der Waals surface area contributed by atoms with E-state index in [1.165, 1.54) is 13.3 Å². The van der Waals surface area contributed by atoms with Gasteiger partial charge in [-0.15, -0.1) is 0 Å². The molecule has 0 unspecified atom stereocenters. The van der Waals surface area contributed by atoms with Gasteiger partial charge in [0, 0.05) is 16.8 Å². The summed E-state index contributed by atoms with van der Waals surface area (Å²) in [5.74, 6) is -0.0625. The van der Waals surface area contributed by atoms with Crippen LogP contribution >= 0.6 is 0 Å². The minimum Gasteiger partial charge on any atom is -0.497 e. The average Bonchev–Trinajstić information content (AvgIpc) is 2.98. The Labute approximate surface area is 231 Å². The Kier molecular flexibility index (Phi) is 8.88. The fourth-order valence-corrected chi connectivity index (χ4v) is 3.61. The number of ether oxygens (including phenoxy) is 3. The van der Waals surface area contributed by atoms with Crippen LogP contribution in [0.3, 0.4) is 0 Å². The lowest BCUT2D eigenvalue weighted by Crippen LogP contribution is -2.18. The minimum atomic E-state index is -0.505. The third-order valence-electron chi connectivity index (χ3n) is 5.79. The molecular weight excluding hydrogens is 510 g/mol. The number of hydrazone groups is 1. The Balaban J connectivity index is 1.36. The maximum Gasteiger partial charge on any atom is 0.343 e. The predicted molar refractivity (Wildman–Crippen MR) is 152 cm³/mol. The number of nitrogens with zero attached hydrogens (tertiary/aromatic N) is 1. The first kappa shape index (κ1) is 27.6. The van der Waals surface area contributed by atoms with Crippen LogP contribution in [-0.4, -0.2) is 38.2 Å². The molecule has 4 aromatic carbocycles. The highest BCUT2D eigenvalue weighted by molar-refractivity contribution is 6.05. The lowest BCUT2D eigenvalue weighted by Gasteiger charge is -2.10. The van der Waals surface area contributed by atoms with Gasteiger partial charge < -0.3 is 19.5 Å². The van der Waals surface area contributed by atoms with Crippen molar-refractivity contribution in [2.24, 2.45) is 5.10 Å². The van der Waals surface area contributed by atoms with E-state index in [1.807, 2.05) is 19.1 Å². The van der Waals surface area contributed by atoms with Gasteiger partial charge in [0.2, 0.25) is 0 Å². The zero-order chi connectivity index (χ0) is 28.5. The predicted octanol–water partition coefficient (Wildman–Crippen LogP) is 5.25. The van der Waals surface area contributed by atoms with E-state index >= 15 is 0 Å². The summed E-state index contributed by atoms with van der Waals surface area (Å²) in [7, 11) is 3.01. The molecule has 40 heavy (non-hydrogen) atoms. The second kappa shape index (κ2) is 12.9. The zero-order valence-corrected chi connectivity index (χ0v) is 22.1. The highest BCUT2D eigenvalue weighted by Gasteiger charge is 2.13. The summed E-state index contributed by atoms with van der Waals surface area (Å²) < 4.78 is 15.9. The summed E-state index contributed by atoms with van der Waals surface area (Å²) in [6.07, 6.45) is 1.43. The van der Waals surface area contributed by atoms with Crippen LogP contribution in [0.4, 0.5) is 5.69 Å². The third kappa shape index (κ3) is 7.11. The van der Waals surface area contributed by atoms with Gasteiger partial charge in [0.05, 0.1) is 26.0 Å². The summed E-state index contributed by atoms with van der Waals surface area (Å²) in [6.45, 7) is 1.93. The van der Waals surface area contributed by atoms with Crippen molar-refractivity contribution in [1.82, 2.24) is 5.43 Å². The van der Waals surface area contributed by atoms with Crippen molar-refractivity contribution in [3.05, 3.63) is 119 Å². The smallest absolute Gasteiger partial charge is 0.343 e. The molecule has 0 heterocycles. The fourth-order valence-electron chi connectivity index (χ4n) is 3.61. The van der Waals surface area contributed by atoms with Crippen LogP contribution in [0.5, 0.6) is 17.2 Å². The molecule has 9 nitrogen and oxygen atoms in total. The molecule has 4 rings (SSSR count). The summed E-state index contributed by atoms with van der Waals surface area (Å²) in [5.41, 5.74) is 5.74. The molecule has 0 aliphatic heterocycles. The van der Waals surface area contributed by atoms with Gasteiger partial charge in [-0.05, 0) is 85.3 Å². The molecule has 0 atom stereocenters. The van der Waals surface area contributed by atoms with E-state index in [9.17, 15) is 14.4 Å². The molecule has 2 amide bonds. The molecule has 202 valence electrons. The average molecular weight is 538 g/mol. The number of nitrogens with one attached hydrogen (secondary N) is 2. The molecule has 0 saturated carbocycles. The van der Waals surface area contributed by atoms with Crippen molar-refractivity contribution in [3.63, 3.8) is 0 Å². The SMILES string of the molecule is COc1ccc(C(=O)Nc2cccc(C(=O)NN=Cc3ccc(OC(=O)c4ccc(C)cc4)c(OC)c3)c2)cc1. The van der Waals surface area contributed by atoms with Crippen LogP contribution in [0.1, 0.15) is 42.2 Å². The van der Waals surface area contributed by atoms with Crippen LogP contribution < -0.4 is 25.0 Å². The zero-order valence-electron chi connectivity index (χ0n) is 22.1. The van der Waals surface area contributed by atoms with Crippen molar-refractivity contribution in [1.29, 1.82) is 0 Å². The van der Waals surface area contributed by atoms with Crippen molar-refractivity contribution < 1.29 is 28.6 Å². The second-order valence-corrected chi connectivity index (χ2v) is 8.63. The summed E-state index contributed by atoms with van der Waals surface area (Å²) in [5, 5.41) is 6.78. The van der Waals surface area contributed by atoms with E-state index < -0.39 is 11.9 Å². The second-order valence-electron chi connectivity index (χ2n) is 8.63. The molecule has 0 spiro atoms. The fraction of sp³-hybridized carbons (Fsp3) is 0.0968. The number of benzene rings is 4. The van der Waals surface area contributed by atoms with E-state index in [4.69, 9.17) is 14.2 Å². The Hall–Kier alpha value is -5.44. The number of amides is 2. The molecule has 4 aromatic rings. The summed E-state index contributed by atoms with van der Waals surface area (Å²) in [6, 6.07) is 25.1. The van der Waals surface area contributed by atoms with Gasteiger partial charge >= 0.3 is 5.97 Å². The van der Waals surface area contributed by atoms with Crippen LogP contribution in [0.15, 0.2) is 96.1 Å². The Morgan fingerprint density at radius 3 is 2.15 bits per heavy atom. The van der Waals surface area contributed by atoms with Gasteiger partial charge in [-0.2, -0.15) is 5.10 Å². The highest BCUT2D eigenvalue weighted by Crippen LogP contribution is 2.28. The van der Waals surface area contributed by atoms with Gasteiger partial charge in [-0.25, -0.2) is 10.2 Å². The number of hydrogen-bond donors (Lipinski definition) is 2. The summed E-state index contributed by atoms with van der Waals surface area (Å²) in [4.78, 5) is 37.6. The monoisotopic (exact) mass is 537 g/mol. The van der Waals surface area contributed by atoms with Gasteiger partial charge in [0.15, 0.2) is 11.5 Å². The number of rotatable bonds is 9. The minimum absolute atomic E-state index is 0.253. The Bertz CT molecular complexity index is 1550. The van der Waals surface area contributed by atoms with E-state index in [-0.39, 0.29) is 11.7 Å². The lowest BCUT2D eigenvalue weighted by molar-refractivity contribution is 0.0729. The first-order valence-electron chi connectivity index (χ1n) is 12.2. The topological polar surface area (TPSA) is 115 Å². The van der Waals surface area contributed by atoms with E-state index in [1.54, 1.807) is 86.0 Å². The van der Waals surface area contributed by atoms with Crippen molar-refractivity contribution >= 4 is 29.7 Å². The Morgan fingerprint density at radius 1 is 0.725 bits per heavy atom. The van der Waals surface area contributed by atoms with E-state index in [0.717, 1.165) is 5.56 Å². The largest absolute Gasteiger partial charge is 0.497 e. The van der Waals surface area contributed by atoms with Crippen molar-refractivity contribution in [2.45, 2.75) is 6.92 Å². The van der Waals surface area contributed by atoms with Crippen molar-refractivity contribution in [2.75, 3.05) is 19.5 Å². The highest BCUT2D eigenvalue weighted by atomic mass is 16.6. The van der Waals surface area contributed by atoms with Crippen LogP contribution in [-0.2, 0) is 0 Å². The normalized spacial score (nSPS) is 10.6. The number of carbonyl (C=O) groups excluding carboxylic acids is 3. The molecule has 0 aliphatic carbocycles. The standard InChI is InChI=1S/C31H27N3O6/c1-20-7-10-23(11-8-20)31(37)40-27-16-9-21(17-28(27)39-3)19-32-34-30(36)24-5-4-6-25(18-24)33-29(35)22-12-14-26(38-2)15-13-22/h4-19H,1-3H3,(H,33,35)(H,34,36). The third-order valence-corrected chi connectivity index (χ3v) is 5.79. The molecule has 0 saturated heterocycles. The lowest BCUT2D eigenvalue weighted by atomic mass is 10.1. The van der Waals surface area contributed by atoms with Crippen molar-refractivity contribution in [3.8, 4) is 17.2 Å². The number of methoxy groups -OCH3 is 2. The van der Waals surface area contributed by atoms with Gasteiger partial charge in [0.25, 0.3) is 11.8 Å². The number of anilines is 1. The number of carbonyl (C=O) groups is 3. The van der Waals surface area contributed by atoms with Crippen LogP contribution in [0.25, 0.3) is 0 Å². The maximum atomic E-state index is 12.6. The van der Waals surface area contributed by atoms with Gasteiger partial charge in [-0.3, -0.25) is 9.59 Å². The molecule has 0 fully saturated rings. The number of aryl methyl sites for hydroxylation is 1. The molecule has 2 N–H and O–H groups in total. The number of esters is 1. The molecule has 0 bridgehead atoms. The quantitative estimate of drug-likeness (QED) is 0.130. The molecule has 0 aromatic heterocycles. The van der Waals surface area contributed by atoms with E-state index in [2.05, 4.69) is 15.8 Å². The molecular formula is C31H27N3O6. The van der Waals surface area contributed by atoms with E-state index in [0.29, 0.717) is 39.4 Å². The molecule has 0 aliphatic rings. The van der Waals surface area contributed by atoms with Crippen LogP contribution in [0.2, 0.25) is 0 Å². The first-order chi connectivity index (χ1) is 19.4. The van der Waals surface area contributed by atoms with Crippen LogP contribution in [0, 0.1) is 6.92 Å². The van der Waals surface area contributed by atoms with Gasteiger partial charge in [-0.1, -0.05) is 23.8 Å². The molecule has 9 heteroatoms. The maximum absolute atomic E-state index is 12.6. The first-order valence-corrected chi connectivity index (χ1v) is 12.2. The number of hydrogen-bond acceptors (Lipinski definition) is 7. The molecule has 0 radical (unpaired) electrons.